The second kappa shape index (κ2) is 13.3. The Morgan fingerprint density at radius 1 is 1.07 bits per heavy atom. The number of benzene rings is 1. The van der Waals surface area contributed by atoms with Crippen LogP contribution in [-0.2, 0) is 29.2 Å². The maximum atomic E-state index is 12.9. The number of rotatable bonds is 10. The number of aromatic nitrogens is 3. The molecule has 2 saturated heterocycles. The Morgan fingerprint density at radius 3 is 2.52 bits per heavy atom. The van der Waals surface area contributed by atoms with Gasteiger partial charge in [-0.15, -0.1) is 11.3 Å². The van der Waals surface area contributed by atoms with Gasteiger partial charge in [-0.05, 0) is 48.5 Å². The molecule has 0 aliphatic carbocycles. The van der Waals surface area contributed by atoms with Gasteiger partial charge < -0.3 is 9.88 Å². The van der Waals surface area contributed by atoms with Crippen LogP contribution in [0.25, 0.3) is 21.1 Å². The van der Waals surface area contributed by atoms with E-state index in [1.807, 2.05) is 10.4 Å². The van der Waals surface area contributed by atoms with Gasteiger partial charge in [0.1, 0.15) is 28.7 Å². The monoisotopic (exact) mass is 670 g/mol. The topological polar surface area (TPSA) is 93.3 Å². The van der Waals surface area contributed by atoms with Crippen LogP contribution in [0.4, 0.5) is 19.0 Å². The van der Waals surface area contributed by atoms with Crippen molar-refractivity contribution in [3.8, 4) is 6.07 Å². The van der Waals surface area contributed by atoms with Crippen molar-refractivity contribution in [1.29, 1.82) is 5.26 Å². The molecule has 4 aromatic rings. The fraction of sp³-hybridized carbons (Fsp3) is 0.438. The van der Waals surface area contributed by atoms with Gasteiger partial charge in [-0.1, -0.05) is 12.6 Å². The number of nitrogens with zero attached hydrogens (tertiary/aromatic N) is 7. The number of hydrogen-bond acceptors (Lipinski definition) is 8. The molecule has 1 aromatic carbocycles. The van der Waals surface area contributed by atoms with Crippen LogP contribution in [0.1, 0.15) is 29.0 Å². The molecule has 0 spiro atoms. The van der Waals surface area contributed by atoms with Gasteiger partial charge in [0.15, 0.2) is 0 Å². The Morgan fingerprint density at radius 2 is 1.83 bits per heavy atom. The Bertz CT molecular complexity index is 1860. The van der Waals surface area contributed by atoms with Crippen molar-refractivity contribution in [3.63, 3.8) is 0 Å². The van der Waals surface area contributed by atoms with Crippen LogP contribution in [0.3, 0.4) is 0 Å². The summed E-state index contributed by atoms with van der Waals surface area (Å²) in [6.45, 7) is 10.6. The Labute approximate surface area is 271 Å². The maximum Gasteiger partial charge on any atom is 0.393 e. The van der Waals surface area contributed by atoms with Gasteiger partial charge in [0, 0.05) is 95.8 Å². The minimum absolute atomic E-state index is 0.169. The average molecular weight is 671 g/mol. The Hall–Kier alpha value is -3.48. The first-order valence-electron chi connectivity index (χ1n) is 15.3. The molecule has 1 unspecified atom stereocenters. The van der Waals surface area contributed by atoms with Crippen molar-refractivity contribution in [2.24, 2.45) is 0 Å². The SMILES string of the molecule is C=CS(=C)(=O)N1CCN(CCn2c(C#N)cc3cc(CN4CCC(Nc5ncnc6sc(CC(F)(F)F)cc56)CC4)ccc32)CC1. The minimum Gasteiger partial charge on any atom is -0.367 e. The zero-order valence-corrected chi connectivity index (χ0v) is 27.1. The standard InChI is InChI=1S/C32H37F3N8OS2/c1-3-46(2,44)42-13-10-40(11-14-42)12-15-43-26(20-36)17-24-16-23(4-5-29(24)43)21-41-8-6-25(7-9-41)39-30-28-18-27(19-32(33,34)35)45-31(28)38-22-37-30/h3-5,16-18,22,25H,1-2,6-15,19,21H2,(H,37,38,39). The summed E-state index contributed by atoms with van der Waals surface area (Å²) in [5.41, 5.74) is 2.86. The molecule has 14 heteroatoms. The molecular weight excluding hydrogens is 634 g/mol. The van der Waals surface area contributed by atoms with E-state index in [0.29, 0.717) is 41.4 Å². The second-order valence-electron chi connectivity index (χ2n) is 12.0. The van der Waals surface area contributed by atoms with Crippen LogP contribution in [0, 0.1) is 11.3 Å². The molecule has 2 aliphatic heterocycles. The number of halogens is 3. The van der Waals surface area contributed by atoms with E-state index < -0.39 is 22.3 Å². The fourth-order valence-corrected chi connectivity index (χ4v) is 8.37. The molecule has 0 saturated carbocycles. The van der Waals surface area contributed by atoms with Crippen LogP contribution < -0.4 is 5.32 Å². The highest BCUT2D eigenvalue weighted by molar-refractivity contribution is 8.00. The summed E-state index contributed by atoms with van der Waals surface area (Å²) in [5, 5.41) is 16.5. The second-order valence-corrected chi connectivity index (χ2v) is 15.3. The number of nitriles is 1. The summed E-state index contributed by atoms with van der Waals surface area (Å²) in [6, 6.07) is 12.5. The molecule has 2 fully saturated rings. The molecule has 3 aromatic heterocycles. The van der Waals surface area contributed by atoms with Crippen molar-refractivity contribution in [1.82, 2.24) is 28.6 Å². The molecule has 0 radical (unpaired) electrons. The number of piperidine rings is 1. The third kappa shape index (κ3) is 7.39. The number of piperazine rings is 1. The average Bonchev–Trinajstić information content (AvgIpc) is 3.60. The van der Waals surface area contributed by atoms with E-state index in [-0.39, 0.29) is 10.9 Å². The molecule has 5 heterocycles. The molecule has 46 heavy (non-hydrogen) atoms. The van der Waals surface area contributed by atoms with Gasteiger partial charge in [0.2, 0.25) is 0 Å². The predicted octanol–water partition coefficient (Wildman–Crippen LogP) is 5.09. The molecule has 2 aliphatic rings. The number of thiophene rings is 1. The number of anilines is 1. The van der Waals surface area contributed by atoms with E-state index >= 15 is 0 Å². The molecular formula is C32H37F3N8OS2. The van der Waals surface area contributed by atoms with Gasteiger partial charge in [0.05, 0.1) is 11.8 Å². The zero-order chi connectivity index (χ0) is 32.5. The lowest BCUT2D eigenvalue weighted by atomic mass is 10.0. The first-order valence-corrected chi connectivity index (χ1v) is 17.9. The van der Waals surface area contributed by atoms with E-state index in [2.05, 4.69) is 66.4 Å². The van der Waals surface area contributed by atoms with E-state index in [0.717, 1.165) is 74.3 Å². The largest absolute Gasteiger partial charge is 0.393 e. The van der Waals surface area contributed by atoms with Crippen molar-refractivity contribution >= 4 is 53.9 Å². The van der Waals surface area contributed by atoms with E-state index in [9.17, 15) is 22.6 Å². The summed E-state index contributed by atoms with van der Waals surface area (Å²) in [4.78, 5) is 14.0. The summed E-state index contributed by atoms with van der Waals surface area (Å²) in [6.07, 6.45) is -2.04. The lowest BCUT2D eigenvalue weighted by Gasteiger charge is -2.35. The van der Waals surface area contributed by atoms with Crippen molar-refractivity contribution in [2.75, 3.05) is 51.1 Å². The lowest BCUT2D eigenvalue weighted by Crippen LogP contribution is -2.48. The quantitative estimate of drug-likeness (QED) is 0.235. The highest BCUT2D eigenvalue weighted by Crippen LogP contribution is 2.33. The number of fused-ring (bicyclic) bond motifs is 2. The van der Waals surface area contributed by atoms with Gasteiger partial charge >= 0.3 is 6.18 Å². The number of hydrogen-bond donors (Lipinski definition) is 1. The molecule has 1 atom stereocenters. The predicted molar refractivity (Wildman–Crippen MR) is 179 cm³/mol. The normalized spacial score (nSPS) is 18.9. The number of alkyl halides is 3. The van der Waals surface area contributed by atoms with E-state index in [1.54, 1.807) is 6.07 Å². The highest BCUT2D eigenvalue weighted by atomic mass is 32.2. The summed E-state index contributed by atoms with van der Waals surface area (Å²) in [5.74, 6) is 4.39. The Balaban J connectivity index is 1.03. The third-order valence-electron chi connectivity index (χ3n) is 8.84. The van der Waals surface area contributed by atoms with Crippen molar-refractivity contribution in [3.05, 3.63) is 64.8 Å². The molecule has 9 nitrogen and oxygen atoms in total. The van der Waals surface area contributed by atoms with Crippen LogP contribution in [0.15, 0.2) is 48.6 Å². The Kier molecular flexibility index (Phi) is 9.40. The number of nitrogens with one attached hydrogen (secondary N) is 1. The minimum atomic E-state index is -4.26. The number of likely N-dealkylation sites (tertiary alicyclic amines) is 1. The van der Waals surface area contributed by atoms with Crippen LogP contribution in [0.2, 0.25) is 0 Å². The smallest absolute Gasteiger partial charge is 0.367 e. The lowest BCUT2D eigenvalue weighted by molar-refractivity contribution is -0.126. The van der Waals surface area contributed by atoms with Crippen molar-refractivity contribution < 1.29 is 17.4 Å². The van der Waals surface area contributed by atoms with Gasteiger partial charge in [-0.25, -0.2) is 18.5 Å². The van der Waals surface area contributed by atoms with Crippen LogP contribution >= 0.6 is 11.3 Å². The first kappa shape index (κ1) is 32.5. The summed E-state index contributed by atoms with van der Waals surface area (Å²) >= 11 is 1.06. The summed E-state index contributed by atoms with van der Waals surface area (Å²) in [7, 11) is -2.40. The molecule has 244 valence electrons. The van der Waals surface area contributed by atoms with Gasteiger partial charge in [-0.2, -0.15) is 18.4 Å². The van der Waals surface area contributed by atoms with Gasteiger partial charge in [-0.3, -0.25) is 9.80 Å². The first-order chi connectivity index (χ1) is 22.0. The zero-order valence-electron chi connectivity index (χ0n) is 25.5. The van der Waals surface area contributed by atoms with E-state index in [1.165, 1.54) is 17.3 Å². The third-order valence-corrected chi connectivity index (χ3v) is 11.6. The molecule has 0 bridgehead atoms. The van der Waals surface area contributed by atoms with Crippen LogP contribution in [-0.4, -0.2) is 96.8 Å². The molecule has 1 N–H and O–H groups in total. The molecule has 6 rings (SSSR count). The van der Waals surface area contributed by atoms with Gasteiger partial charge in [0.25, 0.3) is 0 Å². The highest BCUT2D eigenvalue weighted by Gasteiger charge is 2.29. The fourth-order valence-electron chi connectivity index (χ4n) is 6.35. The summed E-state index contributed by atoms with van der Waals surface area (Å²) < 4.78 is 55.2. The molecule has 0 amide bonds. The van der Waals surface area contributed by atoms with Crippen molar-refractivity contribution in [2.45, 2.75) is 44.6 Å². The van der Waals surface area contributed by atoms with Crippen LogP contribution in [0.5, 0.6) is 0 Å². The maximum absolute atomic E-state index is 12.9. The van der Waals surface area contributed by atoms with E-state index in [4.69, 9.17) is 0 Å².